The third-order valence-corrected chi connectivity index (χ3v) is 2.96. The van der Waals surface area contributed by atoms with E-state index in [-0.39, 0.29) is 19.5 Å². The van der Waals surface area contributed by atoms with Gasteiger partial charge in [0.05, 0.1) is 0 Å². The molecule has 1 N–H and O–H groups in total. The van der Waals surface area contributed by atoms with Gasteiger partial charge in [-0.3, -0.25) is 4.57 Å². The van der Waals surface area contributed by atoms with E-state index in [9.17, 15) is 9.46 Å². The number of aryl methyl sites for hydroxylation is 1. The van der Waals surface area contributed by atoms with Crippen LogP contribution in [0.3, 0.4) is 0 Å². The standard InChI is InChI=1S/C8H11O2P.Zn/c1-7-5-3-4-6-8(7)11(2,9)10;/h3-6H,1-2H3,(H,9,10);. The van der Waals surface area contributed by atoms with Crippen molar-refractivity contribution in [2.24, 2.45) is 0 Å². The van der Waals surface area contributed by atoms with Crippen LogP contribution in [0.1, 0.15) is 5.56 Å². The maximum atomic E-state index is 11.2. The van der Waals surface area contributed by atoms with Gasteiger partial charge < -0.3 is 4.89 Å². The molecule has 0 aliphatic heterocycles. The molecule has 0 aromatic heterocycles. The fourth-order valence-electron chi connectivity index (χ4n) is 1.03. The molecular weight excluding hydrogens is 224 g/mol. The summed E-state index contributed by atoms with van der Waals surface area (Å²) in [6.45, 7) is 3.19. The first kappa shape index (κ1) is 12.0. The Bertz CT molecular complexity index is 306. The second-order valence-corrected chi connectivity index (χ2v) is 4.91. The molecule has 0 bridgehead atoms. The number of hydrogen-bond acceptors (Lipinski definition) is 1. The Morgan fingerprint density at radius 1 is 1.33 bits per heavy atom. The van der Waals surface area contributed by atoms with Crippen LogP contribution in [0.25, 0.3) is 0 Å². The largest absolute Gasteiger partial charge is 0.341 e. The first-order valence-electron chi connectivity index (χ1n) is 3.38. The zero-order valence-electron chi connectivity index (χ0n) is 7.32. The summed E-state index contributed by atoms with van der Waals surface area (Å²) < 4.78 is 11.2. The first-order chi connectivity index (χ1) is 5.02. The van der Waals surface area contributed by atoms with Gasteiger partial charge in [-0.2, -0.15) is 0 Å². The molecule has 0 heterocycles. The summed E-state index contributed by atoms with van der Waals surface area (Å²) in [6, 6.07) is 7.15. The molecular formula is C8H11O2PZn. The van der Waals surface area contributed by atoms with Crippen LogP contribution in [0.15, 0.2) is 24.3 Å². The zero-order chi connectivity index (χ0) is 8.48. The van der Waals surface area contributed by atoms with E-state index in [1.165, 1.54) is 6.66 Å². The van der Waals surface area contributed by atoms with Crippen LogP contribution < -0.4 is 5.30 Å². The average Bonchev–Trinajstić information content (AvgIpc) is 1.86. The molecule has 0 aliphatic rings. The molecule has 0 amide bonds. The number of benzene rings is 1. The maximum absolute atomic E-state index is 11.2. The van der Waals surface area contributed by atoms with E-state index in [2.05, 4.69) is 0 Å². The number of rotatable bonds is 1. The van der Waals surface area contributed by atoms with Gasteiger partial charge in [0.1, 0.15) is 0 Å². The van der Waals surface area contributed by atoms with Crippen molar-refractivity contribution in [2.75, 3.05) is 6.66 Å². The van der Waals surface area contributed by atoms with Gasteiger partial charge in [0.25, 0.3) is 0 Å². The van der Waals surface area contributed by atoms with Gasteiger partial charge in [0, 0.05) is 31.4 Å². The van der Waals surface area contributed by atoms with E-state index in [1.807, 2.05) is 19.1 Å². The topological polar surface area (TPSA) is 37.3 Å². The van der Waals surface area contributed by atoms with Gasteiger partial charge in [0.2, 0.25) is 7.37 Å². The molecule has 1 atom stereocenters. The fourth-order valence-corrected chi connectivity index (χ4v) is 2.12. The molecule has 2 nitrogen and oxygen atoms in total. The minimum absolute atomic E-state index is 0. The van der Waals surface area contributed by atoms with Gasteiger partial charge in [-0.25, -0.2) is 0 Å². The Balaban J connectivity index is 0.00000121. The van der Waals surface area contributed by atoms with E-state index in [4.69, 9.17) is 0 Å². The molecule has 12 heavy (non-hydrogen) atoms. The van der Waals surface area contributed by atoms with E-state index >= 15 is 0 Å². The van der Waals surface area contributed by atoms with Crippen molar-refractivity contribution >= 4 is 12.7 Å². The monoisotopic (exact) mass is 234 g/mol. The van der Waals surface area contributed by atoms with Gasteiger partial charge in [-0.05, 0) is 18.6 Å². The molecule has 1 rings (SSSR count). The zero-order valence-corrected chi connectivity index (χ0v) is 11.2. The summed E-state index contributed by atoms with van der Waals surface area (Å²) in [5, 5.41) is 0.556. The molecule has 4 heteroatoms. The van der Waals surface area contributed by atoms with Gasteiger partial charge in [-0.1, -0.05) is 18.2 Å². The minimum atomic E-state index is -3.06. The van der Waals surface area contributed by atoms with Crippen LogP contribution in [0, 0.1) is 6.92 Å². The van der Waals surface area contributed by atoms with Crippen LogP contribution in [-0.2, 0) is 24.0 Å². The first-order valence-corrected chi connectivity index (χ1v) is 5.49. The van der Waals surface area contributed by atoms with E-state index in [0.29, 0.717) is 5.30 Å². The molecule has 62 valence electrons. The van der Waals surface area contributed by atoms with Gasteiger partial charge in [-0.15, -0.1) is 0 Å². The molecule has 0 radical (unpaired) electrons. The second kappa shape index (κ2) is 4.32. The van der Waals surface area contributed by atoms with Crippen molar-refractivity contribution in [3.8, 4) is 0 Å². The van der Waals surface area contributed by atoms with Crippen LogP contribution in [0.2, 0.25) is 0 Å². The summed E-state index contributed by atoms with van der Waals surface area (Å²) in [5.74, 6) is 0. The summed E-state index contributed by atoms with van der Waals surface area (Å²) in [7, 11) is -3.06. The third-order valence-electron chi connectivity index (χ3n) is 1.56. The molecule has 0 aliphatic carbocycles. The summed E-state index contributed by atoms with van der Waals surface area (Å²) >= 11 is 0. The molecule has 0 fully saturated rings. The molecule has 0 saturated heterocycles. The quantitative estimate of drug-likeness (QED) is 0.592. The summed E-state index contributed by atoms with van der Waals surface area (Å²) in [5.41, 5.74) is 0.876. The van der Waals surface area contributed by atoms with Gasteiger partial charge in [0.15, 0.2) is 0 Å². The Hall–Kier alpha value is 0.0334. The van der Waals surface area contributed by atoms with Gasteiger partial charge >= 0.3 is 0 Å². The molecule has 1 aromatic carbocycles. The predicted octanol–water partition coefficient (Wildman–Crippen LogP) is 1.52. The van der Waals surface area contributed by atoms with Crippen LogP contribution in [0.5, 0.6) is 0 Å². The van der Waals surface area contributed by atoms with Crippen molar-refractivity contribution in [3.63, 3.8) is 0 Å². The Labute approximate surface area is 85.2 Å². The Kier molecular flexibility index (Phi) is 4.33. The smallest absolute Gasteiger partial charge is 0.226 e. The minimum Gasteiger partial charge on any atom is -0.341 e. The second-order valence-electron chi connectivity index (χ2n) is 2.67. The molecule has 0 saturated carbocycles. The Morgan fingerprint density at radius 3 is 2.17 bits per heavy atom. The Morgan fingerprint density at radius 2 is 1.83 bits per heavy atom. The normalized spacial score (nSPS) is 14.6. The fraction of sp³-hybridized carbons (Fsp3) is 0.250. The average molecular weight is 236 g/mol. The van der Waals surface area contributed by atoms with Crippen molar-refractivity contribution < 1.29 is 28.9 Å². The molecule has 1 unspecified atom stereocenters. The van der Waals surface area contributed by atoms with E-state index in [1.54, 1.807) is 12.1 Å². The summed E-state index contributed by atoms with van der Waals surface area (Å²) in [4.78, 5) is 9.23. The number of hydrogen-bond donors (Lipinski definition) is 1. The van der Waals surface area contributed by atoms with E-state index < -0.39 is 7.37 Å². The summed E-state index contributed by atoms with van der Waals surface area (Å²) in [6.07, 6.45) is 0. The van der Waals surface area contributed by atoms with Crippen LogP contribution >= 0.6 is 7.37 Å². The van der Waals surface area contributed by atoms with E-state index in [0.717, 1.165) is 5.56 Å². The third kappa shape index (κ3) is 2.82. The van der Waals surface area contributed by atoms with Crippen LogP contribution in [-0.4, -0.2) is 11.6 Å². The van der Waals surface area contributed by atoms with Crippen LogP contribution in [0.4, 0.5) is 0 Å². The van der Waals surface area contributed by atoms with Crippen molar-refractivity contribution in [1.82, 2.24) is 0 Å². The molecule has 0 spiro atoms. The van der Waals surface area contributed by atoms with Crippen molar-refractivity contribution in [2.45, 2.75) is 6.92 Å². The van der Waals surface area contributed by atoms with Crippen molar-refractivity contribution in [1.29, 1.82) is 0 Å². The predicted molar refractivity (Wildman–Crippen MR) is 46.6 cm³/mol. The SMILES string of the molecule is Cc1ccccc1P(C)(=O)O.[Zn]. The molecule has 1 aromatic rings. The maximum Gasteiger partial charge on any atom is 0.226 e. The van der Waals surface area contributed by atoms with Crippen molar-refractivity contribution in [3.05, 3.63) is 29.8 Å².